The van der Waals surface area contributed by atoms with E-state index >= 15 is 0 Å². The Morgan fingerprint density at radius 3 is 2.61 bits per heavy atom. The van der Waals surface area contributed by atoms with Gasteiger partial charge < -0.3 is 5.32 Å². The van der Waals surface area contributed by atoms with Gasteiger partial charge in [0.25, 0.3) is 0 Å². The molecule has 18 heavy (non-hydrogen) atoms. The predicted molar refractivity (Wildman–Crippen MR) is 79.1 cm³/mol. The number of fused-ring (bicyclic) bond motifs is 1. The van der Waals surface area contributed by atoms with Gasteiger partial charge in [-0.15, -0.1) is 0 Å². The third kappa shape index (κ3) is 3.05. The lowest BCUT2D eigenvalue weighted by molar-refractivity contribution is 0.138. The molecule has 1 aliphatic rings. The molecule has 2 heteroatoms. The van der Waals surface area contributed by atoms with Crippen LogP contribution in [0.2, 0.25) is 0 Å². The second kappa shape index (κ2) is 5.75. The monoisotopic (exact) mass is 246 g/mol. The van der Waals surface area contributed by atoms with Gasteiger partial charge in [-0.2, -0.15) is 0 Å². The first-order valence-electron chi connectivity index (χ1n) is 7.15. The average molecular weight is 246 g/mol. The Balaban J connectivity index is 2.10. The molecule has 1 aromatic carbocycles. The van der Waals surface area contributed by atoms with Crippen LogP contribution in [0.25, 0.3) is 0 Å². The molecule has 0 aromatic heterocycles. The maximum atomic E-state index is 3.58. The van der Waals surface area contributed by atoms with Crippen LogP contribution in [-0.2, 0) is 6.42 Å². The van der Waals surface area contributed by atoms with E-state index in [4.69, 9.17) is 0 Å². The fraction of sp³-hybridized carbons (Fsp3) is 0.625. The molecule has 1 N–H and O–H groups in total. The second-order valence-corrected chi connectivity index (χ2v) is 6.08. The summed E-state index contributed by atoms with van der Waals surface area (Å²) >= 11 is 0. The molecule has 0 radical (unpaired) electrons. The highest BCUT2D eigenvalue weighted by atomic mass is 15.2. The molecule has 0 fully saturated rings. The summed E-state index contributed by atoms with van der Waals surface area (Å²) in [4.78, 5) is 2.65. The lowest BCUT2D eigenvalue weighted by Crippen LogP contribution is -2.48. The molecule has 1 heterocycles. The molecule has 0 spiro atoms. The Hall–Kier alpha value is -1.02. The quantitative estimate of drug-likeness (QED) is 0.876. The summed E-state index contributed by atoms with van der Waals surface area (Å²) in [6.07, 6.45) is 1.17. The molecule has 1 unspecified atom stereocenters. The van der Waals surface area contributed by atoms with Crippen molar-refractivity contribution in [2.24, 2.45) is 5.92 Å². The van der Waals surface area contributed by atoms with E-state index in [0.29, 0.717) is 12.1 Å². The van der Waals surface area contributed by atoms with E-state index in [-0.39, 0.29) is 0 Å². The van der Waals surface area contributed by atoms with E-state index in [2.05, 4.69) is 62.2 Å². The normalized spacial score (nSPS) is 19.2. The highest BCUT2D eigenvalue weighted by Crippen LogP contribution is 2.25. The number of hydrogen-bond donors (Lipinski definition) is 1. The fourth-order valence-electron chi connectivity index (χ4n) is 2.86. The molecule has 100 valence electrons. The molecule has 0 amide bonds. The standard InChI is InChI=1S/C16H26N2/c1-12(2)11-18(13(3)4)15-9-14-7-5-6-8-16(14)17-10-15/h5-8,12-13,15,17H,9-11H2,1-4H3. The molecule has 2 nitrogen and oxygen atoms in total. The zero-order chi connectivity index (χ0) is 13.1. The SMILES string of the molecule is CC(C)CN(C(C)C)C1CNc2ccccc2C1. The van der Waals surface area contributed by atoms with E-state index in [1.54, 1.807) is 0 Å². The first kappa shape index (κ1) is 13.4. The van der Waals surface area contributed by atoms with Crippen LogP contribution in [0.15, 0.2) is 24.3 Å². The van der Waals surface area contributed by atoms with Crippen LogP contribution < -0.4 is 5.32 Å². The van der Waals surface area contributed by atoms with Crippen molar-refractivity contribution in [1.29, 1.82) is 0 Å². The summed E-state index contributed by atoms with van der Waals surface area (Å²) in [5.41, 5.74) is 2.78. The summed E-state index contributed by atoms with van der Waals surface area (Å²) < 4.78 is 0. The Morgan fingerprint density at radius 2 is 1.94 bits per heavy atom. The minimum atomic E-state index is 0.615. The van der Waals surface area contributed by atoms with Crippen LogP contribution >= 0.6 is 0 Å². The van der Waals surface area contributed by atoms with E-state index in [9.17, 15) is 0 Å². The van der Waals surface area contributed by atoms with Crippen molar-refractivity contribution < 1.29 is 0 Å². The van der Waals surface area contributed by atoms with Crippen LogP contribution in [0.1, 0.15) is 33.3 Å². The molecule has 2 rings (SSSR count). The summed E-state index contributed by atoms with van der Waals surface area (Å²) in [5.74, 6) is 0.726. The van der Waals surface area contributed by atoms with Gasteiger partial charge in [0.05, 0.1) is 0 Å². The molecule has 0 bridgehead atoms. The number of nitrogens with zero attached hydrogens (tertiary/aromatic N) is 1. The van der Waals surface area contributed by atoms with E-state index in [0.717, 1.165) is 12.5 Å². The second-order valence-electron chi connectivity index (χ2n) is 6.08. The highest BCUT2D eigenvalue weighted by Gasteiger charge is 2.25. The van der Waals surface area contributed by atoms with Crippen molar-refractivity contribution >= 4 is 5.69 Å². The molecule has 0 saturated carbocycles. The van der Waals surface area contributed by atoms with Gasteiger partial charge in [0.2, 0.25) is 0 Å². The van der Waals surface area contributed by atoms with Gasteiger partial charge in [0.15, 0.2) is 0 Å². The Labute approximate surface area is 111 Å². The van der Waals surface area contributed by atoms with E-state index < -0.39 is 0 Å². The first-order valence-corrected chi connectivity index (χ1v) is 7.15. The molecule has 0 aliphatic carbocycles. The Bertz CT molecular complexity index is 384. The fourth-order valence-corrected chi connectivity index (χ4v) is 2.86. The predicted octanol–water partition coefficient (Wildman–Crippen LogP) is 3.39. The number of anilines is 1. The number of hydrogen-bond acceptors (Lipinski definition) is 2. The van der Waals surface area contributed by atoms with E-state index in [1.165, 1.54) is 24.2 Å². The highest BCUT2D eigenvalue weighted by molar-refractivity contribution is 5.53. The van der Waals surface area contributed by atoms with Gasteiger partial charge in [0, 0.05) is 30.9 Å². The summed E-state index contributed by atoms with van der Waals surface area (Å²) in [7, 11) is 0. The first-order chi connectivity index (χ1) is 8.58. The molecule has 1 aromatic rings. The molecular weight excluding hydrogens is 220 g/mol. The Kier molecular flexibility index (Phi) is 4.28. The zero-order valence-electron chi connectivity index (χ0n) is 12.1. The van der Waals surface area contributed by atoms with Gasteiger partial charge in [-0.25, -0.2) is 0 Å². The third-order valence-corrected chi connectivity index (χ3v) is 3.71. The van der Waals surface area contributed by atoms with Crippen molar-refractivity contribution in [3.05, 3.63) is 29.8 Å². The lowest BCUT2D eigenvalue weighted by atomic mass is 9.97. The molecule has 0 saturated heterocycles. The number of para-hydroxylation sites is 1. The molecule has 1 aliphatic heterocycles. The maximum Gasteiger partial charge on any atom is 0.0373 e. The molecular formula is C16H26N2. The summed E-state index contributed by atoms with van der Waals surface area (Å²) in [6, 6.07) is 9.94. The summed E-state index contributed by atoms with van der Waals surface area (Å²) in [5, 5.41) is 3.58. The number of nitrogens with one attached hydrogen (secondary N) is 1. The van der Waals surface area contributed by atoms with Crippen molar-refractivity contribution in [3.63, 3.8) is 0 Å². The molecule has 1 atom stereocenters. The summed E-state index contributed by atoms with van der Waals surface area (Å²) in [6.45, 7) is 11.5. The average Bonchev–Trinajstić information content (AvgIpc) is 2.35. The van der Waals surface area contributed by atoms with Gasteiger partial charge >= 0.3 is 0 Å². The minimum absolute atomic E-state index is 0.615. The lowest BCUT2D eigenvalue weighted by Gasteiger charge is -2.39. The van der Waals surface area contributed by atoms with Crippen LogP contribution in [0.4, 0.5) is 5.69 Å². The smallest absolute Gasteiger partial charge is 0.0373 e. The van der Waals surface area contributed by atoms with Crippen LogP contribution in [-0.4, -0.2) is 30.1 Å². The van der Waals surface area contributed by atoms with Crippen LogP contribution in [0.3, 0.4) is 0 Å². The van der Waals surface area contributed by atoms with E-state index in [1.807, 2.05) is 0 Å². The van der Waals surface area contributed by atoms with Gasteiger partial charge in [0.1, 0.15) is 0 Å². The number of benzene rings is 1. The van der Waals surface area contributed by atoms with Crippen LogP contribution in [0.5, 0.6) is 0 Å². The van der Waals surface area contributed by atoms with Crippen molar-refractivity contribution in [2.75, 3.05) is 18.4 Å². The van der Waals surface area contributed by atoms with Gasteiger partial charge in [-0.1, -0.05) is 32.0 Å². The topological polar surface area (TPSA) is 15.3 Å². The van der Waals surface area contributed by atoms with Gasteiger partial charge in [-0.3, -0.25) is 4.90 Å². The maximum absolute atomic E-state index is 3.58. The van der Waals surface area contributed by atoms with Crippen molar-refractivity contribution in [3.8, 4) is 0 Å². The van der Waals surface area contributed by atoms with Crippen molar-refractivity contribution in [2.45, 2.75) is 46.2 Å². The minimum Gasteiger partial charge on any atom is -0.383 e. The van der Waals surface area contributed by atoms with Gasteiger partial charge in [-0.05, 0) is 37.8 Å². The number of rotatable bonds is 4. The Morgan fingerprint density at radius 1 is 1.22 bits per heavy atom. The van der Waals surface area contributed by atoms with Crippen molar-refractivity contribution in [1.82, 2.24) is 4.90 Å². The third-order valence-electron chi connectivity index (χ3n) is 3.71. The van der Waals surface area contributed by atoms with Crippen LogP contribution in [0, 0.1) is 5.92 Å². The zero-order valence-corrected chi connectivity index (χ0v) is 12.1. The largest absolute Gasteiger partial charge is 0.383 e.